The monoisotopic (exact) mass is 348 g/mol. The van der Waals surface area contributed by atoms with Gasteiger partial charge in [-0.15, -0.1) is 11.3 Å². The van der Waals surface area contributed by atoms with E-state index in [1.165, 1.54) is 15.9 Å². The molecule has 4 aromatic rings. The molecular weight excluding hydrogens is 332 g/mol. The predicted molar refractivity (Wildman–Crippen MR) is 102 cm³/mol. The molecule has 0 radical (unpaired) electrons. The molecule has 2 aromatic heterocycles. The van der Waals surface area contributed by atoms with Gasteiger partial charge in [-0.1, -0.05) is 48.5 Å². The van der Waals surface area contributed by atoms with Crippen molar-refractivity contribution in [3.05, 3.63) is 98.5 Å². The molecule has 0 bridgehead atoms. The van der Waals surface area contributed by atoms with Crippen LogP contribution in [0.4, 0.5) is 0 Å². The van der Waals surface area contributed by atoms with Gasteiger partial charge in [0.1, 0.15) is 4.70 Å². The van der Waals surface area contributed by atoms with Crippen LogP contribution in [0.5, 0.6) is 0 Å². The van der Waals surface area contributed by atoms with Gasteiger partial charge in [-0.3, -0.25) is 9.36 Å². The van der Waals surface area contributed by atoms with E-state index >= 15 is 0 Å². The fourth-order valence-corrected chi connectivity index (χ4v) is 3.82. The van der Waals surface area contributed by atoms with E-state index < -0.39 is 0 Å². The van der Waals surface area contributed by atoms with Crippen LogP contribution >= 0.6 is 11.3 Å². The van der Waals surface area contributed by atoms with Gasteiger partial charge in [-0.05, 0) is 35.6 Å². The largest absolute Gasteiger partial charge is 0.336 e. The van der Waals surface area contributed by atoms with E-state index in [0.717, 1.165) is 12.0 Å². The highest BCUT2D eigenvalue weighted by atomic mass is 32.1. The lowest BCUT2D eigenvalue weighted by Gasteiger charge is -2.12. The smallest absolute Gasteiger partial charge is 0.292 e. The van der Waals surface area contributed by atoms with Gasteiger partial charge < -0.3 is 0 Å². The Hall–Kier alpha value is -2.92. The van der Waals surface area contributed by atoms with E-state index in [-0.39, 0.29) is 11.2 Å². The zero-order valence-electron chi connectivity index (χ0n) is 13.5. The maximum atomic E-state index is 13.1. The average Bonchev–Trinajstić information content (AvgIpc) is 3.13. The van der Waals surface area contributed by atoms with Crippen LogP contribution in [-0.2, 0) is 13.0 Å². The average molecular weight is 348 g/mol. The first-order valence-electron chi connectivity index (χ1n) is 8.08. The third-order valence-electron chi connectivity index (χ3n) is 4.24. The molecule has 5 heteroatoms. The van der Waals surface area contributed by atoms with E-state index in [1.807, 2.05) is 60.0 Å². The van der Waals surface area contributed by atoms with Gasteiger partial charge in [0.05, 0.1) is 11.2 Å². The van der Waals surface area contributed by atoms with Crippen LogP contribution in [0.25, 0.3) is 15.9 Å². The normalized spacial score (nSPS) is 11.0. The quantitative estimate of drug-likeness (QED) is 0.567. The molecule has 0 aliphatic heterocycles. The summed E-state index contributed by atoms with van der Waals surface area (Å²) in [6.45, 7) is 0.531. The van der Waals surface area contributed by atoms with Gasteiger partial charge in [0.2, 0.25) is 0 Å². The Bertz CT molecular complexity index is 1130. The van der Waals surface area contributed by atoms with Crippen LogP contribution < -0.4 is 11.2 Å². The van der Waals surface area contributed by atoms with Gasteiger partial charge in [-0.25, -0.2) is 9.36 Å². The third kappa shape index (κ3) is 2.83. The van der Waals surface area contributed by atoms with Gasteiger partial charge in [0.15, 0.2) is 0 Å². The Labute approximate surface area is 148 Å². The number of nitrogens with zero attached hydrogens (tertiary/aromatic N) is 2. The zero-order valence-corrected chi connectivity index (χ0v) is 14.3. The molecule has 0 atom stereocenters. The Kier molecular flexibility index (Phi) is 4.07. The molecule has 124 valence electrons. The standard InChI is InChI=1S/C20H16N2O2S/c23-19-18-17(12-14-25-18)21(13-11-15-7-3-1-4-8-15)20(24)22(19)16-9-5-2-6-10-16/h1-10,12,14H,11,13H2. The van der Waals surface area contributed by atoms with E-state index in [4.69, 9.17) is 0 Å². The predicted octanol–water partition coefficient (Wildman–Crippen LogP) is 3.46. The fraction of sp³-hybridized carbons (Fsp3) is 0.100. The summed E-state index contributed by atoms with van der Waals surface area (Å²) in [5.74, 6) is 0. The van der Waals surface area contributed by atoms with Crippen molar-refractivity contribution in [2.24, 2.45) is 0 Å². The summed E-state index contributed by atoms with van der Waals surface area (Å²) >= 11 is 1.37. The molecule has 0 unspecified atom stereocenters. The highest BCUT2D eigenvalue weighted by molar-refractivity contribution is 7.17. The first-order valence-corrected chi connectivity index (χ1v) is 8.96. The summed E-state index contributed by atoms with van der Waals surface area (Å²) in [4.78, 5) is 25.9. The summed E-state index contributed by atoms with van der Waals surface area (Å²) in [6.07, 6.45) is 0.735. The number of rotatable bonds is 4. The minimum absolute atomic E-state index is 0.253. The minimum Gasteiger partial charge on any atom is -0.292 e. The van der Waals surface area contributed by atoms with Gasteiger partial charge in [0, 0.05) is 6.54 Å². The Balaban J connectivity index is 1.88. The number of fused-ring (bicyclic) bond motifs is 1. The summed E-state index contributed by atoms with van der Waals surface area (Å²) < 4.78 is 3.58. The molecule has 0 aliphatic rings. The maximum absolute atomic E-state index is 13.1. The Morgan fingerprint density at radius 3 is 2.24 bits per heavy atom. The van der Waals surface area contributed by atoms with Crippen molar-refractivity contribution < 1.29 is 0 Å². The van der Waals surface area contributed by atoms with Crippen LogP contribution in [-0.4, -0.2) is 9.13 Å². The van der Waals surface area contributed by atoms with Crippen LogP contribution in [0, 0.1) is 0 Å². The van der Waals surface area contributed by atoms with Crippen molar-refractivity contribution in [1.29, 1.82) is 0 Å². The Morgan fingerprint density at radius 1 is 0.840 bits per heavy atom. The number of aromatic nitrogens is 2. The first kappa shape index (κ1) is 15.6. The van der Waals surface area contributed by atoms with E-state index in [0.29, 0.717) is 22.4 Å². The second-order valence-electron chi connectivity index (χ2n) is 5.78. The zero-order chi connectivity index (χ0) is 17.2. The molecule has 0 aliphatic carbocycles. The molecule has 25 heavy (non-hydrogen) atoms. The van der Waals surface area contributed by atoms with Gasteiger partial charge in [0.25, 0.3) is 5.56 Å². The molecular formula is C20H16N2O2S. The Morgan fingerprint density at radius 2 is 1.52 bits per heavy atom. The number of para-hydroxylation sites is 1. The lowest BCUT2D eigenvalue weighted by atomic mass is 10.1. The number of hydrogen-bond donors (Lipinski definition) is 0. The second-order valence-corrected chi connectivity index (χ2v) is 6.70. The molecule has 0 saturated heterocycles. The molecule has 0 saturated carbocycles. The number of aryl methyl sites for hydroxylation is 2. The molecule has 0 fully saturated rings. The number of benzene rings is 2. The topological polar surface area (TPSA) is 44.0 Å². The molecule has 0 N–H and O–H groups in total. The maximum Gasteiger partial charge on any atom is 0.336 e. The summed E-state index contributed by atoms with van der Waals surface area (Å²) in [6, 6.07) is 21.0. The van der Waals surface area contributed by atoms with E-state index in [1.54, 1.807) is 16.7 Å². The fourth-order valence-electron chi connectivity index (χ4n) is 2.99. The van der Waals surface area contributed by atoms with Crippen LogP contribution in [0.2, 0.25) is 0 Å². The third-order valence-corrected chi connectivity index (χ3v) is 5.13. The van der Waals surface area contributed by atoms with Crippen LogP contribution in [0.3, 0.4) is 0 Å². The molecule has 2 heterocycles. The van der Waals surface area contributed by atoms with Crippen molar-refractivity contribution in [3.63, 3.8) is 0 Å². The molecule has 2 aromatic carbocycles. The number of hydrogen-bond acceptors (Lipinski definition) is 3. The highest BCUT2D eigenvalue weighted by Gasteiger charge is 2.15. The van der Waals surface area contributed by atoms with Crippen molar-refractivity contribution in [1.82, 2.24) is 9.13 Å². The first-order chi connectivity index (χ1) is 12.3. The van der Waals surface area contributed by atoms with Gasteiger partial charge in [-0.2, -0.15) is 0 Å². The molecule has 0 spiro atoms. The minimum atomic E-state index is -0.293. The summed E-state index contributed by atoms with van der Waals surface area (Å²) in [7, 11) is 0. The van der Waals surface area contributed by atoms with Crippen LogP contribution in [0.1, 0.15) is 5.56 Å². The SMILES string of the molecule is O=c1c2sccc2n(CCc2ccccc2)c(=O)n1-c1ccccc1. The highest BCUT2D eigenvalue weighted by Crippen LogP contribution is 2.17. The van der Waals surface area contributed by atoms with Crippen molar-refractivity contribution in [2.75, 3.05) is 0 Å². The van der Waals surface area contributed by atoms with E-state index in [9.17, 15) is 9.59 Å². The molecule has 4 nitrogen and oxygen atoms in total. The lowest BCUT2D eigenvalue weighted by Crippen LogP contribution is -2.38. The summed E-state index contributed by atoms with van der Waals surface area (Å²) in [5.41, 5.74) is 1.93. The van der Waals surface area contributed by atoms with Crippen molar-refractivity contribution in [3.8, 4) is 5.69 Å². The summed E-state index contributed by atoms with van der Waals surface area (Å²) in [5, 5.41) is 1.86. The van der Waals surface area contributed by atoms with E-state index in [2.05, 4.69) is 0 Å². The molecule has 4 rings (SSSR count). The van der Waals surface area contributed by atoms with Crippen molar-refractivity contribution in [2.45, 2.75) is 13.0 Å². The van der Waals surface area contributed by atoms with Gasteiger partial charge >= 0.3 is 5.69 Å². The van der Waals surface area contributed by atoms with Crippen molar-refractivity contribution >= 4 is 21.6 Å². The lowest BCUT2D eigenvalue weighted by molar-refractivity contribution is 0.650. The second kappa shape index (κ2) is 6.53. The number of thiophene rings is 1. The van der Waals surface area contributed by atoms with Crippen LogP contribution in [0.15, 0.2) is 81.7 Å². The molecule has 0 amide bonds.